The van der Waals surface area contributed by atoms with Gasteiger partial charge in [-0.2, -0.15) is 11.8 Å². The van der Waals surface area contributed by atoms with Crippen molar-refractivity contribution in [1.29, 1.82) is 0 Å². The number of thioether (sulfide) groups is 1. The van der Waals surface area contributed by atoms with Crippen molar-refractivity contribution in [3.63, 3.8) is 0 Å². The van der Waals surface area contributed by atoms with Gasteiger partial charge in [-0.1, -0.05) is 37.6 Å². The van der Waals surface area contributed by atoms with Gasteiger partial charge in [-0.25, -0.2) is 0 Å². The van der Waals surface area contributed by atoms with E-state index in [2.05, 4.69) is 50.0 Å². The van der Waals surface area contributed by atoms with Gasteiger partial charge in [0.15, 0.2) is 0 Å². The number of rotatable bonds is 3. The molecule has 0 saturated carbocycles. The second kappa shape index (κ2) is 5.85. The summed E-state index contributed by atoms with van der Waals surface area (Å²) in [5.74, 6) is 2.50. The first-order chi connectivity index (χ1) is 8.46. The van der Waals surface area contributed by atoms with Gasteiger partial charge in [0.05, 0.1) is 0 Å². The Balaban J connectivity index is 1.94. The molecule has 0 amide bonds. The average Bonchev–Trinajstić information content (AvgIpc) is 2.28. The summed E-state index contributed by atoms with van der Waals surface area (Å²) in [6.07, 6.45) is 1.26. The molecule has 18 heavy (non-hydrogen) atoms. The van der Waals surface area contributed by atoms with Crippen LogP contribution in [0.5, 0.6) is 0 Å². The van der Waals surface area contributed by atoms with Crippen molar-refractivity contribution in [3.8, 4) is 0 Å². The monoisotopic (exact) mass is 283 g/mol. The fraction of sp³-hybridized carbons (Fsp3) is 0.600. The van der Waals surface area contributed by atoms with Crippen LogP contribution in [0.1, 0.15) is 38.8 Å². The minimum Gasteiger partial charge on any atom is -0.307 e. The van der Waals surface area contributed by atoms with E-state index in [1.54, 1.807) is 0 Å². The molecule has 0 bridgehead atoms. The molecule has 1 aliphatic heterocycles. The summed E-state index contributed by atoms with van der Waals surface area (Å²) in [6.45, 7) is 6.96. The Morgan fingerprint density at radius 3 is 2.61 bits per heavy atom. The molecule has 0 aliphatic carbocycles. The first-order valence-corrected chi connectivity index (χ1v) is 8.09. The molecule has 1 aliphatic rings. The van der Waals surface area contributed by atoms with Crippen molar-refractivity contribution in [2.24, 2.45) is 5.41 Å². The van der Waals surface area contributed by atoms with Crippen molar-refractivity contribution in [2.75, 3.05) is 11.5 Å². The highest BCUT2D eigenvalue weighted by Gasteiger charge is 2.29. The molecule has 1 aromatic carbocycles. The van der Waals surface area contributed by atoms with Crippen molar-refractivity contribution in [3.05, 3.63) is 34.9 Å². The first kappa shape index (κ1) is 14.2. The van der Waals surface area contributed by atoms with Gasteiger partial charge in [-0.05, 0) is 42.2 Å². The van der Waals surface area contributed by atoms with E-state index >= 15 is 0 Å². The molecule has 1 nitrogen and oxygen atoms in total. The maximum atomic E-state index is 5.92. The molecule has 0 radical (unpaired) electrons. The Bertz CT molecular complexity index is 388. The standard InChI is InChI=1S/C15H22ClNS/c1-11(12-4-6-13(16)7-5-12)17-14-8-15(2,3)10-18-9-14/h4-7,11,14,17H,8-10H2,1-3H3/t11-,14?/m1/s1. The van der Waals surface area contributed by atoms with E-state index < -0.39 is 0 Å². The number of nitrogens with one attached hydrogen (secondary N) is 1. The molecule has 1 heterocycles. The maximum absolute atomic E-state index is 5.92. The lowest BCUT2D eigenvalue weighted by atomic mass is 9.87. The number of benzene rings is 1. The third-order valence-electron chi connectivity index (χ3n) is 3.47. The normalized spacial score (nSPS) is 24.8. The number of hydrogen-bond donors (Lipinski definition) is 1. The lowest BCUT2D eigenvalue weighted by Gasteiger charge is -2.36. The van der Waals surface area contributed by atoms with Crippen LogP contribution in [0.3, 0.4) is 0 Å². The topological polar surface area (TPSA) is 12.0 Å². The van der Waals surface area contributed by atoms with Gasteiger partial charge < -0.3 is 5.32 Å². The SMILES string of the molecule is C[C@@H](NC1CSCC(C)(C)C1)c1ccc(Cl)cc1. The Morgan fingerprint density at radius 1 is 1.33 bits per heavy atom. The lowest BCUT2D eigenvalue weighted by Crippen LogP contribution is -2.41. The number of halogens is 1. The second-order valence-electron chi connectivity index (χ2n) is 6.02. The van der Waals surface area contributed by atoms with Crippen molar-refractivity contribution in [2.45, 2.75) is 39.3 Å². The van der Waals surface area contributed by atoms with E-state index in [-0.39, 0.29) is 0 Å². The van der Waals surface area contributed by atoms with Crippen LogP contribution in [0.15, 0.2) is 24.3 Å². The van der Waals surface area contributed by atoms with Crippen molar-refractivity contribution in [1.82, 2.24) is 5.32 Å². The molecule has 0 aromatic heterocycles. The summed E-state index contributed by atoms with van der Waals surface area (Å²) >= 11 is 7.99. The van der Waals surface area contributed by atoms with Gasteiger partial charge in [-0.15, -0.1) is 0 Å². The Hall–Kier alpha value is -0.180. The average molecular weight is 284 g/mol. The summed E-state index contributed by atoms with van der Waals surface area (Å²) in [7, 11) is 0. The molecular weight excluding hydrogens is 262 g/mol. The second-order valence-corrected chi connectivity index (χ2v) is 7.49. The molecule has 2 rings (SSSR count). The van der Waals surface area contributed by atoms with E-state index in [1.807, 2.05) is 12.1 Å². The molecular formula is C15H22ClNS. The molecule has 1 saturated heterocycles. The zero-order valence-electron chi connectivity index (χ0n) is 11.4. The van der Waals surface area contributed by atoms with E-state index in [0.717, 1.165) is 5.02 Å². The van der Waals surface area contributed by atoms with Crippen LogP contribution in [0.2, 0.25) is 5.02 Å². The van der Waals surface area contributed by atoms with Gasteiger partial charge >= 0.3 is 0 Å². The van der Waals surface area contributed by atoms with Gasteiger partial charge in [0.1, 0.15) is 0 Å². The molecule has 1 fully saturated rings. The van der Waals surface area contributed by atoms with Gasteiger partial charge in [0.25, 0.3) is 0 Å². The van der Waals surface area contributed by atoms with Gasteiger partial charge in [0.2, 0.25) is 0 Å². The molecule has 3 heteroatoms. The van der Waals surface area contributed by atoms with Crippen LogP contribution in [0.4, 0.5) is 0 Å². The summed E-state index contributed by atoms with van der Waals surface area (Å²) in [5.41, 5.74) is 1.77. The van der Waals surface area contributed by atoms with Gasteiger partial charge in [-0.3, -0.25) is 0 Å². The van der Waals surface area contributed by atoms with E-state index in [4.69, 9.17) is 11.6 Å². The molecule has 1 unspecified atom stereocenters. The third-order valence-corrected chi connectivity index (χ3v) is 5.34. The van der Waals surface area contributed by atoms with Crippen LogP contribution in [0.25, 0.3) is 0 Å². The zero-order chi connectivity index (χ0) is 13.2. The molecule has 2 atom stereocenters. The molecule has 1 aromatic rings. The smallest absolute Gasteiger partial charge is 0.0406 e. The van der Waals surface area contributed by atoms with Crippen LogP contribution in [-0.4, -0.2) is 17.5 Å². The summed E-state index contributed by atoms with van der Waals surface area (Å²) in [6, 6.07) is 9.16. The highest BCUT2D eigenvalue weighted by Crippen LogP contribution is 2.34. The molecule has 1 N–H and O–H groups in total. The molecule has 0 spiro atoms. The predicted molar refractivity (Wildman–Crippen MR) is 82.5 cm³/mol. The summed E-state index contributed by atoms with van der Waals surface area (Å²) in [4.78, 5) is 0. The molecule has 100 valence electrons. The fourth-order valence-corrected chi connectivity index (χ4v) is 3.98. The highest BCUT2D eigenvalue weighted by atomic mass is 35.5. The Morgan fingerprint density at radius 2 is 2.00 bits per heavy atom. The summed E-state index contributed by atoms with van der Waals surface area (Å²) < 4.78 is 0. The van der Waals surface area contributed by atoms with E-state index in [1.165, 1.54) is 23.5 Å². The predicted octanol–water partition coefficient (Wildman–Crippen LogP) is 4.52. The van der Waals surface area contributed by atoms with E-state index in [9.17, 15) is 0 Å². The zero-order valence-corrected chi connectivity index (χ0v) is 12.9. The Kier molecular flexibility index (Phi) is 4.63. The van der Waals surface area contributed by atoms with Crippen molar-refractivity contribution < 1.29 is 0 Å². The van der Waals surface area contributed by atoms with Crippen LogP contribution in [-0.2, 0) is 0 Å². The first-order valence-electron chi connectivity index (χ1n) is 6.55. The minimum atomic E-state index is 0.391. The van der Waals surface area contributed by atoms with Gasteiger partial charge in [0, 0.05) is 22.9 Å². The van der Waals surface area contributed by atoms with Crippen molar-refractivity contribution >= 4 is 23.4 Å². The quantitative estimate of drug-likeness (QED) is 0.875. The third kappa shape index (κ3) is 3.91. The van der Waals surface area contributed by atoms with Crippen LogP contribution in [0, 0.1) is 5.41 Å². The lowest BCUT2D eigenvalue weighted by molar-refractivity contribution is 0.305. The van der Waals surface area contributed by atoms with E-state index in [0.29, 0.717) is 17.5 Å². The largest absolute Gasteiger partial charge is 0.307 e. The maximum Gasteiger partial charge on any atom is 0.0406 e. The van der Waals surface area contributed by atoms with Crippen LogP contribution >= 0.6 is 23.4 Å². The Labute approximate surface area is 120 Å². The highest BCUT2D eigenvalue weighted by molar-refractivity contribution is 7.99. The number of hydrogen-bond acceptors (Lipinski definition) is 2. The summed E-state index contributed by atoms with van der Waals surface area (Å²) in [5, 5.41) is 4.55. The fourth-order valence-electron chi connectivity index (χ4n) is 2.57. The minimum absolute atomic E-state index is 0.391. The van der Waals surface area contributed by atoms with Crippen LogP contribution < -0.4 is 5.32 Å².